The Hall–Kier alpha value is -2.40. The van der Waals surface area contributed by atoms with E-state index in [1.54, 1.807) is 19.2 Å². The molecule has 0 fully saturated rings. The zero-order chi connectivity index (χ0) is 15.1. The molecule has 1 heterocycles. The van der Waals surface area contributed by atoms with E-state index in [0.29, 0.717) is 13.2 Å². The third-order valence-electron chi connectivity index (χ3n) is 3.12. The number of anilines is 1. The topological polar surface area (TPSA) is 71.5 Å². The van der Waals surface area contributed by atoms with Gasteiger partial charge in [-0.25, -0.2) is 4.79 Å². The predicted molar refractivity (Wildman–Crippen MR) is 80.5 cm³/mol. The van der Waals surface area contributed by atoms with Crippen LogP contribution >= 0.6 is 0 Å². The Kier molecular flexibility index (Phi) is 5.29. The Labute approximate surface area is 123 Å². The van der Waals surface area contributed by atoms with Gasteiger partial charge in [0.15, 0.2) is 0 Å². The molecule has 0 saturated carbocycles. The third-order valence-corrected chi connectivity index (χ3v) is 3.12. The quantitative estimate of drug-likeness (QED) is 0.818. The average molecular weight is 286 g/mol. The van der Waals surface area contributed by atoms with Gasteiger partial charge in [0, 0.05) is 19.0 Å². The number of para-hydroxylation sites is 1. The van der Waals surface area contributed by atoms with Gasteiger partial charge in [-0.15, -0.1) is 0 Å². The van der Waals surface area contributed by atoms with E-state index < -0.39 is 5.97 Å². The van der Waals surface area contributed by atoms with Crippen molar-refractivity contribution in [3.63, 3.8) is 0 Å². The van der Waals surface area contributed by atoms with E-state index in [9.17, 15) is 4.79 Å². The standard InChI is InChI=1S/C16H18N2O3/c1-21-9-8-12-4-2-3-5-15(12)18-11-14-7-6-13(10-17-14)16(19)20/h2-7,10,18H,8-9,11H2,1H3,(H,19,20). The van der Waals surface area contributed by atoms with E-state index in [0.717, 1.165) is 17.8 Å². The van der Waals surface area contributed by atoms with Gasteiger partial charge in [0.05, 0.1) is 24.4 Å². The molecule has 0 aliphatic heterocycles. The summed E-state index contributed by atoms with van der Waals surface area (Å²) in [6.45, 7) is 1.22. The number of carboxylic acid groups (broad SMARTS) is 1. The highest BCUT2D eigenvalue weighted by atomic mass is 16.5. The zero-order valence-electron chi connectivity index (χ0n) is 11.9. The van der Waals surface area contributed by atoms with Crippen molar-refractivity contribution in [2.75, 3.05) is 19.0 Å². The highest BCUT2D eigenvalue weighted by molar-refractivity contribution is 5.87. The minimum absolute atomic E-state index is 0.194. The maximum atomic E-state index is 10.8. The van der Waals surface area contributed by atoms with Crippen molar-refractivity contribution in [1.29, 1.82) is 0 Å². The minimum atomic E-state index is -0.966. The second-order valence-electron chi connectivity index (χ2n) is 4.60. The molecule has 21 heavy (non-hydrogen) atoms. The fraction of sp³-hybridized carbons (Fsp3) is 0.250. The van der Waals surface area contributed by atoms with Gasteiger partial charge in [-0.1, -0.05) is 18.2 Å². The molecule has 0 radical (unpaired) electrons. The van der Waals surface area contributed by atoms with E-state index in [1.165, 1.54) is 11.8 Å². The molecule has 0 bridgehead atoms. The van der Waals surface area contributed by atoms with Gasteiger partial charge in [-0.3, -0.25) is 4.98 Å². The fourth-order valence-corrected chi connectivity index (χ4v) is 1.96. The molecule has 5 heteroatoms. The molecule has 0 amide bonds. The molecular formula is C16H18N2O3. The molecule has 0 aliphatic rings. The van der Waals surface area contributed by atoms with Crippen molar-refractivity contribution in [1.82, 2.24) is 4.98 Å². The summed E-state index contributed by atoms with van der Waals surface area (Å²) in [5.41, 5.74) is 3.21. The van der Waals surface area contributed by atoms with Gasteiger partial charge in [-0.2, -0.15) is 0 Å². The van der Waals surface area contributed by atoms with Crippen molar-refractivity contribution < 1.29 is 14.6 Å². The highest BCUT2D eigenvalue weighted by Gasteiger charge is 2.04. The number of benzene rings is 1. The van der Waals surface area contributed by atoms with Crippen LogP contribution in [0.3, 0.4) is 0 Å². The van der Waals surface area contributed by atoms with E-state index in [2.05, 4.69) is 16.4 Å². The van der Waals surface area contributed by atoms with Crippen molar-refractivity contribution >= 4 is 11.7 Å². The van der Waals surface area contributed by atoms with Crippen LogP contribution < -0.4 is 5.32 Å². The van der Waals surface area contributed by atoms with Crippen molar-refractivity contribution in [2.45, 2.75) is 13.0 Å². The first-order valence-electron chi connectivity index (χ1n) is 6.69. The van der Waals surface area contributed by atoms with Crippen LogP contribution in [0.2, 0.25) is 0 Å². The maximum Gasteiger partial charge on any atom is 0.337 e. The Morgan fingerprint density at radius 1 is 1.29 bits per heavy atom. The second-order valence-corrected chi connectivity index (χ2v) is 4.60. The highest BCUT2D eigenvalue weighted by Crippen LogP contribution is 2.16. The Morgan fingerprint density at radius 3 is 2.76 bits per heavy atom. The number of methoxy groups -OCH3 is 1. The van der Waals surface area contributed by atoms with E-state index >= 15 is 0 Å². The van der Waals surface area contributed by atoms with Crippen LogP contribution in [0.5, 0.6) is 0 Å². The Balaban J connectivity index is 2.00. The lowest BCUT2D eigenvalue weighted by Gasteiger charge is -2.11. The van der Waals surface area contributed by atoms with Crippen molar-refractivity contribution in [2.24, 2.45) is 0 Å². The number of aromatic nitrogens is 1. The smallest absolute Gasteiger partial charge is 0.337 e. The van der Waals surface area contributed by atoms with Gasteiger partial charge < -0.3 is 15.2 Å². The molecule has 1 aromatic carbocycles. The predicted octanol–water partition coefficient (Wildman–Crippen LogP) is 2.58. The summed E-state index contributed by atoms with van der Waals surface area (Å²) in [4.78, 5) is 14.9. The third kappa shape index (κ3) is 4.29. The number of aromatic carboxylic acids is 1. The summed E-state index contributed by atoms with van der Waals surface area (Å²) in [5, 5.41) is 12.2. The van der Waals surface area contributed by atoms with Gasteiger partial charge >= 0.3 is 5.97 Å². The molecule has 2 rings (SSSR count). The first-order valence-corrected chi connectivity index (χ1v) is 6.69. The lowest BCUT2D eigenvalue weighted by atomic mass is 10.1. The van der Waals surface area contributed by atoms with Gasteiger partial charge in [0.25, 0.3) is 0 Å². The van der Waals surface area contributed by atoms with Gasteiger partial charge in [-0.05, 0) is 30.2 Å². The molecule has 0 spiro atoms. The number of carboxylic acids is 1. The molecular weight excluding hydrogens is 268 g/mol. The molecule has 5 nitrogen and oxygen atoms in total. The van der Waals surface area contributed by atoms with Gasteiger partial charge in [0.2, 0.25) is 0 Å². The molecule has 2 N–H and O–H groups in total. The van der Waals surface area contributed by atoms with Crippen LogP contribution in [0.25, 0.3) is 0 Å². The maximum absolute atomic E-state index is 10.8. The Bertz CT molecular complexity index is 597. The number of nitrogens with zero attached hydrogens (tertiary/aromatic N) is 1. The summed E-state index contributed by atoms with van der Waals surface area (Å²) >= 11 is 0. The molecule has 110 valence electrons. The molecule has 2 aromatic rings. The molecule has 0 aliphatic carbocycles. The number of nitrogens with one attached hydrogen (secondary N) is 1. The number of carbonyl (C=O) groups is 1. The van der Waals surface area contributed by atoms with Gasteiger partial charge in [0.1, 0.15) is 0 Å². The number of rotatable bonds is 7. The number of hydrogen-bond acceptors (Lipinski definition) is 4. The fourth-order valence-electron chi connectivity index (χ4n) is 1.96. The number of hydrogen-bond donors (Lipinski definition) is 2. The van der Waals surface area contributed by atoms with Crippen molar-refractivity contribution in [3.8, 4) is 0 Å². The Morgan fingerprint density at radius 2 is 2.10 bits per heavy atom. The lowest BCUT2D eigenvalue weighted by Crippen LogP contribution is -2.06. The molecule has 0 atom stereocenters. The van der Waals surface area contributed by atoms with Crippen LogP contribution in [-0.2, 0) is 17.7 Å². The summed E-state index contributed by atoms with van der Waals surface area (Å²) in [6.07, 6.45) is 2.21. The van der Waals surface area contributed by atoms with Crippen LogP contribution in [0.4, 0.5) is 5.69 Å². The van der Waals surface area contributed by atoms with Crippen LogP contribution in [0.15, 0.2) is 42.6 Å². The minimum Gasteiger partial charge on any atom is -0.478 e. The van der Waals surface area contributed by atoms with Crippen LogP contribution in [0, 0.1) is 0 Å². The molecule has 0 unspecified atom stereocenters. The summed E-state index contributed by atoms with van der Waals surface area (Å²) < 4.78 is 5.10. The second kappa shape index (κ2) is 7.40. The first-order chi connectivity index (χ1) is 10.2. The lowest BCUT2D eigenvalue weighted by molar-refractivity contribution is 0.0696. The monoisotopic (exact) mass is 286 g/mol. The van der Waals surface area contributed by atoms with E-state index in [-0.39, 0.29) is 5.56 Å². The SMILES string of the molecule is COCCc1ccccc1NCc1ccc(C(=O)O)cn1. The van der Waals surface area contributed by atoms with E-state index in [1.807, 2.05) is 18.2 Å². The summed E-state index contributed by atoms with van der Waals surface area (Å²) in [6, 6.07) is 11.3. The zero-order valence-corrected chi connectivity index (χ0v) is 11.9. The van der Waals surface area contributed by atoms with Crippen LogP contribution in [0.1, 0.15) is 21.6 Å². The van der Waals surface area contributed by atoms with Crippen LogP contribution in [-0.4, -0.2) is 29.8 Å². The summed E-state index contributed by atoms with van der Waals surface area (Å²) in [5.74, 6) is -0.966. The normalized spacial score (nSPS) is 10.3. The first kappa shape index (κ1) is 15.0. The van der Waals surface area contributed by atoms with Crippen molar-refractivity contribution in [3.05, 3.63) is 59.4 Å². The molecule has 0 saturated heterocycles. The van der Waals surface area contributed by atoms with E-state index in [4.69, 9.17) is 9.84 Å². The number of pyridine rings is 1. The largest absolute Gasteiger partial charge is 0.478 e. The summed E-state index contributed by atoms with van der Waals surface area (Å²) in [7, 11) is 1.68. The average Bonchev–Trinajstić information content (AvgIpc) is 2.52. The molecule has 1 aromatic heterocycles. The number of ether oxygens (including phenoxy) is 1.